The number of hydrogen-bond donors (Lipinski definition) is 0. The van der Waals surface area contributed by atoms with Gasteiger partial charge in [0.1, 0.15) is 0 Å². The van der Waals surface area contributed by atoms with Crippen LogP contribution in [-0.2, 0) is 0 Å². The molecule has 86 valence electrons. The summed E-state index contributed by atoms with van der Waals surface area (Å²) in [5.41, 5.74) is 0.829. The Morgan fingerprint density at radius 1 is 0.933 bits per heavy atom. The van der Waals surface area contributed by atoms with E-state index in [2.05, 4.69) is 44.7 Å². The zero-order chi connectivity index (χ0) is 11.1. The van der Waals surface area contributed by atoms with Gasteiger partial charge in [0.15, 0.2) is 0 Å². The molecule has 0 saturated heterocycles. The minimum absolute atomic E-state index is 0.829. The van der Waals surface area contributed by atoms with Gasteiger partial charge in [0.2, 0.25) is 0 Å². The second-order valence-corrected chi connectivity index (χ2v) is 10.1. The summed E-state index contributed by atoms with van der Waals surface area (Å²) in [6, 6.07) is 3.03. The molecule has 1 aliphatic carbocycles. The summed E-state index contributed by atoms with van der Waals surface area (Å²) in [6.07, 6.45) is 15.0. The Labute approximate surface area is 96.5 Å². The summed E-state index contributed by atoms with van der Waals surface area (Å²) in [5.74, 6) is 0. The van der Waals surface area contributed by atoms with E-state index in [-0.39, 0.29) is 0 Å². The molecule has 1 heteroatoms. The number of rotatable bonds is 7. The first-order chi connectivity index (χ1) is 7.23. The van der Waals surface area contributed by atoms with Crippen LogP contribution in [0, 0.1) is 0 Å². The van der Waals surface area contributed by atoms with E-state index in [0.717, 1.165) is 5.54 Å². The van der Waals surface area contributed by atoms with E-state index in [0.29, 0.717) is 0 Å². The second kappa shape index (κ2) is 6.32. The van der Waals surface area contributed by atoms with Gasteiger partial charge in [-0.15, -0.1) is 0 Å². The van der Waals surface area contributed by atoms with Crippen LogP contribution >= 0.6 is 0 Å². The average Bonchev–Trinajstić information content (AvgIpc) is 2.77. The van der Waals surface area contributed by atoms with E-state index in [1.807, 2.05) is 0 Å². The van der Waals surface area contributed by atoms with Gasteiger partial charge in [-0.05, 0) is 5.54 Å². The highest BCUT2D eigenvalue weighted by molar-refractivity contribution is 6.81. The highest BCUT2D eigenvalue weighted by Gasteiger charge is 2.32. The molecular weight excluding hydrogens is 196 g/mol. The monoisotopic (exact) mass is 222 g/mol. The molecule has 15 heavy (non-hydrogen) atoms. The van der Waals surface area contributed by atoms with Crippen molar-refractivity contribution in [2.75, 3.05) is 0 Å². The Balaban J connectivity index is 2.57. The highest BCUT2D eigenvalue weighted by Crippen LogP contribution is 2.37. The normalized spacial score (nSPS) is 16.5. The molecule has 0 heterocycles. The Hall–Kier alpha value is -0.303. The fraction of sp³-hybridized carbons (Fsp3) is 0.714. The average molecular weight is 222 g/mol. The smallest absolute Gasteiger partial charge is 0.0618 e. The van der Waals surface area contributed by atoms with Crippen molar-refractivity contribution >= 4 is 8.07 Å². The van der Waals surface area contributed by atoms with Crippen LogP contribution in [0.2, 0.25) is 24.2 Å². The van der Waals surface area contributed by atoms with Gasteiger partial charge in [0.25, 0.3) is 0 Å². The molecule has 0 bridgehead atoms. The summed E-state index contributed by atoms with van der Waals surface area (Å²) in [7, 11) is -1.03. The van der Waals surface area contributed by atoms with Crippen molar-refractivity contribution in [3.8, 4) is 0 Å². The zero-order valence-corrected chi connectivity index (χ0v) is 11.6. The first-order valence-electron chi connectivity index (χ1n) is 6.58. The summed E-state index contributed by atoms with van der Waals surface area (Å²) < 4.78 is 0. The van der Waals surface area contributed by atoms with Crippen LogP contribution in [0.4, 0.5) is 0 Å². The molecule has 0 radical (unpaired) electrons. The predicted octanol–water partition coefficient (Wildman–Crippen LogP) is 5.16. The van der Waals surface area contributed by atoms with E-state index in [1.165, 1.54) is 37.8 Å². The van der Waals surface area contributed by atoms with Crippen molar-refractivity contribution in [2.24, 2.45) is 0 Å². The summed E-state index contributed by atoms with van der Waals surface area (Å²) >= 11 is 0. The lowest BCUT2D eigenvalue weighted by Crippen LogP contribution is -2.34. The largest absolute Gasteiger partial charge is 0.0803 e. The molecule has 0 aromatic carbocycles. The maximum atomic E-state index is 2.61. The molecule has 0 fully saturated rings. The first kappa shape index (κ1) is 12.8. The quantitative estimate of drug-likeness (QED) is 0.522. The minimum atomic E-state index is -1.03. The lowest BCUT2D eigenvalue weighted by molar-refractivity contribution is 0.819. The minimum Gasteiger partial charge on any atom is -0.0803 e. The molecular formula is C14H26Si. The molecule has 0 aromatic heterocycles. The fourth-order valence-corrected chi connectivity index (χ4v) is 6.91. The SMILES string of the molecule is CCCC[Si](C)(CCCC)C1C=CC=C1. The molecule has 0 saturated carbocycles. The fourth-order valence-electron chi connectivity index (χ4n) is 2.52. The van der Waals surface area contributed by atoms with Crippen LogP contribution < -0.4 is 0 Å². The molecule has 1 rings (SSSR count). The lowest BCUT2D eigenvalue weighted by Gasteiger charge is -2.32. The molecule has 0 N–H and O–H groups in total. The Bertz CT molecular complexity index is 207. The van der Waals surface area contributed by atoms with Crippen molar-refractivity contribution in [3.63, 3.8) is 0 Å². The Morgan fingerprint density at radius 3 is 1.80 bits per heavy atom. The van der Waals surface area contributed by atoms with Crippen molar-refractivity contribution in [2.45, 2.75) is 63.7 Å². The second-order valence-electron chi connectivity index (χ2n) is 5.16. The maximum absolute atomic E-state index is 2.61. The lowest BCUT2D eigenvalue weighted by atomic mass is 10.4. The third-order valence-corrected chi connectivity index (χ3v) is 8.74. The summed E-state index contributed by atoms with van der Waals surface area (Å²) in [6.45, 7) is 7.24. The highest BCUT2D eigenvalue weighted by atomic mass is 28.3. The summed E-state index contributed by atoms with van der Waals surface area (Å²) in [5, 5.41) is 0. The summed E-state index contributed by atoms with van der Waals surface area (Å²) in [4.78, 5) is 0. The van der Waals surface area contributed by atoms with Gasteiger partial charge in [-0.25, -0.2) is 0 Å². The van der Waals surface area contributed by atoms with Crippen LogP contribution in [0.1, 0.15) is 39.5 Å². The number of hydrogen-bond acceptors (Lipinski definition) is 0. The van der Waals surface area contributed by atoms with Gasteiger partial charge in [-0.2, -0.15) is 0 Å². The molecule has 0 spiro atoms. The number of allylic oxidation sites excluding steroid dienone is 4. The predicted molar refractivity (Wildman–Crippen MR) is 73.1 cm³/mol. The van der Waals surface area contributed by atoms with Gasteiger partial charge in [0.05, 0.1) is 8.07 Å². The standard InChI is InChI=1S/C14H26Si/c1-4-6-12-15(3,13-7-5-2)14-10-8-9-11-14/h8-11,14H,4-7,12-13H2,1-3H3. The molecule has 0 atom stereocenters. The molecule has 0 nitrogen and oxygen atoms in total. The van der Waals surface area contributed by atoms with Crippen molar-refractivity contribution in [1.82, 2.24) is 0 Å². The van der Waals surface area contributed by atoms with Gasteiger partial charge in [-0.3, -0.25) is 0 Å². The molecule has 0 amide bonds. The van der Waals surface area contributed by atoms with Gasteiger partial charge < -0.3 is 0 Å². The van der Waals surface area contributed by atoms with Crippen LogP contribution in [0.3, 0.4) is 0 Å². The molecule has 1 aliphatic rings. The third kappa shape index (κ3) is 3.64. The van der Waals surface area contributed by atoms with E-state index in [1.54, 1.807) is 0 Å². The molecule has 0 aromatic rings. The first-order valence-corrected chi connectivity index (χ1v) is 9.57. The van der Waals surface area contributed by atoms with E-state index in [4.69, 9.17) is 0 Å². The Morgan fingerprint density at radius 2 is 1.40 bits per heavy atom. The van der Waals surface area contributed by atoms with Gasteiger partial charge in [0, 0.05) is 0 Å². The number of unbranched alkanes of at least 4 members (excludes halogenated alkanes) is 2. The third-order valence-electron chi connectivity index (χ3n) is 3.76. The van der Waals surface area contributed by atoms with Crippen LogP contribution in [0.15, 0.2) is 24.3 Å². The topological polar surface area (TPSA) is 0 Å². The Kier molecular flexibility index (Phi) is 5.38. The van der Waals surface area contributed by atoms with E-state index < -0.39 is 8.07 Å². The van der Waals surface area contributed by atoms with Crippen molar-refractivity contribution in [3.05, 3.63) is 24.3 Å². The molecule has 0 aliphatic heterocycles. The van der Waals surface area contributed by atoms with Gasteiger partial charge >= 0.3 is 0 Å². The van der Waals surface area contributed by atoms with E-state index in [9.17, 15) is 0 Å². The van der Waals surface area contributed by atoms with Crippen molar-refractivity contribution in [1.29, 1.82) is 0 Å². The van der Waals surface area contributed by atoms with Crippen LogP contribution in [-0.4, -0.2) is 8.07 Å². The molecule has 0 unspecified atom stereocenters. The van der Waals surface area contributed by atoms with E-state index >= 15 is 0 Å². The van der Waals surface area contributed by atoms with Crippen molar-refractivity contribution < 1.29 is 0 Å². The van der Waals surface area contributed by atoms with Gasteiger partial charge in [-0.1, -0.05) is 82.5 Å². The maximum Gasteiger partial charge on any atom is 0.0618 e. The van der Waals surface area contributed by atoms with Crippen LogP contribution in [0.25, 0.3) is 0 Å². The van der Waals surface area contributed by atoms with Crippen LogP contribution in [0.5, 0.6) is 0 Å². The zero-order valence-electron chi connectivity index (χ0n) is 10.6.